The molecule has 0 saturated heterocycles. The first kappa shape index (κ1) is 8.74. The van der Waals surface area contributed by atoms with Gasteiger partial charge in [0.15, 0.2) is 0 Å². The van der Waals surface area contributed by atoms with Crippen LogP contribution in [0.3, 0.4) is 0 Å². The smallest absolute Gasteiger partial charge is 0.143 e. The van der Waals surface area contributed by atoms with E-state index in [4.69, 9.17) is 0 Å². The topological polar surface area (TPSA) is 17.1 Å². The third-order valence-electron chi connectivity index (χ3n) is 3.29. The Balaban J connectivity index is 1.90. The van der Waals surface area contributed by atoms with Gasteiger partial charge in [-0.25, -0.2) is 0 Å². The Morgan fingerprint density at radius 2 is 2.38 bits per heavy atom. The molecule has 2 aliphatic rings. The Morgan fingerprint density at radius 1 is 1.54 bits per heavy atom. The van der Waals surface area contributed by atoms with Gasteiger partial charge in [0.05, 0.1) is 0 Å². The van der Waals surface area contributed by atoms with Crippen LogP contribution in [0.2, 0.25) is 0 Å². The van der Waals surface area contributed by atoms with E-state index in [9.17, 15) is 4.79 Å². The van der Waals surface area contributed by atoms with E-state index in [-0.39, 0.29) is 5.92 Å². The molecule has 0 aromatic carbocycles. The molecule has 13 heavy (non-hydrogen) atoms. The molecule has 0 amide bonds. The van der Waals surface area contributed by atoms with E-state index in [0.717, 1.165) is 25.7 Å². The molecule has 0 aliphatic heterocycles. The van der Waals surface area contributed by atoms with Gasteiger partial charge in [0.25, 0.3) is 0 Å². The minimum absolute atomic E-state index is 0.277. The van der Waals surface area contributed by atoms with Crippen molar-refractivity contribution in [3.8, 4) is 0 Å². The lowest BCUT2D eigenvalue weighted by Crippen LogP contribution is -2.18. The summed E-state index contributed by atoms with van der Waals surface area (Å²) >= 11 is 0. The van der Waals surface area contributed by atoms with E-state index in [1.54, 1.807) is 0 Å². The highest BCUT2D eigenvalue weighted by Gasteiger charge is 2.42. The lowest BCUT2D eigenvalue weighted by molar-refractivity contribution is -0.123. The third kappa shape index (κ3) is 1.48. The van der Waals surface area contributed by atoms with Crippen molar-refractivity contribution >= 4 is 5.78 Å². The second-order valence-corrected chi connectivity index (χ2v) is 4.12. The van der Waals surface area contributed by atoms with E-state index in [1.807, 2.05) is 6.08 Å². The first-order valence-corrected chi connectivity index (χ1v) is 5.16. The van der Waals surface area contributed by atoms with Gasteiger partial charge in [-0.2, -0.15) is 0 Å². The van der Waals surface area contributed by atoms with Gasteiger partial charge >= 0.3 is 0 Å². The maximum atomic E-state index is 11.7. The molecule has 2 bridgehead atoms. The normalized spacial score (nSPS) is 35.7. The Kier molecular flexibility index (Phi) is 2.34. The van der Waals surface area contributed by atoms with Crippen LogP contribution in [-0.2, 0) is 4.79 Å². The highest BCUT2D eigenvalue weighted by molar-refractivity contribution is 5.89. The van der Waals surface area contributed by atoms with E-state index >= 15 is 0 Å². The highest BCUT2D eigenvalue weighted by atomic mass is 16.1. The quantitative estimate of drug-likeness (QED) is 0.475. The van der Waals surface area contributed by atoms with Crippen LogP contribution in [0.4, 0.5) is 0 Å². The first-order chi connectivity index (χ1) is 6.33. The maximum Gasteiger partial charge on any atom is 0.143 e. The predicted molar refractivity (Wildman–Crippen MR) is 53.3 cm³/mol. The van der Waals surface area contributed by atoms with Crippen molar-refractivity contribution in [1.29, 1.82) is 0 Å². The number of ketones is 1. The van der Waals surface area contributed by atoms with Gasteiger partial charge in [0.1, 0.15) is 5.78 Å². The van der Waals surface area contributed by atoms with Gasteiger partial charge in [-0.15, -0.1) is 6.58 Å². The molecule has 0 aromatic rings. The molecule has 2 rings (SSSR count). The van der Waals surface area contributed by atoms with Crippen molar-refractivity contribution < 1.29 is 4.79 Å². The van der Waals surface area contributed by atoms with Gasteiger partial charge in [-0.3, -0.25) is 4.79 Å². The molecule has 0 radical (unpaired) electrons. The molecule has 0 heterocycles. The predicted octanol–water partition coefficient (Wildman–Crippen LogP) is 2.73. The van der Waals surface area contributed by atoms with E-state index in [0.29, 0.717) is 17.6 Å². The summed E-state index contributed by atoms with van der Waals surface area (Å²) in [7, 11) is 0. The van der Waals surface area contributed by atoms with Gasteiger partial charge in [0, 0.05) is 11.8 Å². The number of carbonyl (C=O) groups is 1. The minimum atomic E-state index is 0.277. The SMILES string of the molecule is C=CCCC[C@@H]1C(=O)[C@H]2C=C[C@@H]1C2. The largest absolute Gasteiger partial charge is 0.299 e. The number of allylic oxidation sites excluding steroid dienone is 3. The van der Waals surface area contributed by atoms with Crippen LogP contribution in [0, 0.1) is 17.8 Å². The van der Waals surface area contributed by atoms with Crippen LogP contribution in [0.25, 0.3) is 0 Å². The summed E-state index contributed by atoms with van der Waals surface area (Å²) < 4.78 is 0. The lowest BCUT2D eigenvalue weighted by Gasteiger charge is -2.15. The molecule has 1 saturated carbocycles. The standard InChI is InChI=1S/C12H16O/c1-2-3-4-5-11-9-6-7-10(8-9)12(11)13/h2,6-7,9-11H,1,3-5,8H2/t9-,10+,11+/m1/s1. The van der Waals surface area contributed by atoms with Crippen LogP contribution in [0.15, 0.2) is 24.8 Å². The fourth-order valence-corrected chi connectivity index (χ4v) is 2.56. The maximum absolute atomic E-state index is 11.7. The van der Waals surface area contributed by atoms with Crippen LogP contribution >= 0.6 is 0 Å². The number of hydrogen-bond donors (Lipinski definition) is 0. The monoisotopic (exact) mass is 176 g/mol. The average Bonchev–Trinajstić information content (AvgIpc) is 2.69. The van der Waals surface area contributed by atoms with Gasteiger partial charge in [-0.05, 0) is 31.6 Å². The van der Waals surface area contributed by atoms with Gasteiger partial charge in [-0.1, -0.05) is 18.2 Å². The van der Waals surface area contributed by atoms with Crippen molar-refractivity contribution in [2.24, 2.45) is 17.8 Å². The number of fused-ring (bicyclic) bond motifs is 2. The molecule has 0 unspecified atom stereocenters. The molecular weight excluding hydrogens is 160 g/mol. The first-order valence-electron chi connectivity index (χ1n) is 5.16. The summed E-state index contributed by atoms with van der Waals surface area (Å²) in [4.78, 5) is 11.7. The van der Waals surface area contributed by atoms with Crippen molar-refractivity contribution in [3.63, 3.8) is 0 Å². The number of carbonyl (C=O) groups excluding carboxylic acids is 1. The Bertz CT molecular complexity index is 252. The second kappa shape index (κ2) is 3.49. The van der Waals surface area contributed by atoms with Gasteiger partial charge < -0.3 is 0 Å². The number of unbranched alkanes of at least 4 members (excludes halogenated alkanes) is 1. The lowest BCUT2D eigenvalue weighted by atomic mass is 9.88. The zero-order valence-corrected chi connectivity index (χ0v) is 7.91. The average molecular weight is 176 g/mol. The number of Topliss-reactive ketones (excluding diaryl/α,β-unsaturated/α-hetero) is 1. The Morgan fingerprint density at radius 3 is 3.00 bits per heavy atom. The molecule has 1 nitrogen and oxygen atoms in total. The highest BCUT2D eigenvalue weighted by Crippen LogP contribution is 2.42. The van der Waals surface area contributed by atoms with Crippen molar-refractivity contribution in [1.82, 2.24) is 0 Å². The summed E-state index contributed by atoms with van der Waals surface area (Å²) in [6, 6.07) is 0. The summed E-state index contributed by atoms with van der Waals surface area (Å²) in [5.41, 5.74) is 0. The molecule has 0 N–H and O–H groups in total. The zero-order valence-electron chi connectivity index (χ0n) is 7.91. The minimum Gasteiger partial charge on any atom is -0.299 e. The molecule has 70 valence electrons. The third-order valence-corrected chi connectivity index (χ3v) is 3.29. The van der Waals surface area contributed by atoms with Crippen LogP contribution in [-0.4, -0.2) is 5.78 Å². The molecule has 2 aliphatic carbocycles. The fraction of sp³-hybridized carbons (Fsp3) is 0.583. The van der Waals surface area contributed by atoms with Crippen LogP contribution in [0.5, 0.6) is 0 Å². The summed E-state index contributed by atoms with van der Waals surface area (Å²) in [6.07, 6.45) is 10.6. The molecule has 0 spiro atoms. The summed E-state index contributed by atoms with van der Waals surface area (Å²) in [5.74, 6) is 1.69. The molecular formula is C12H16O. The van der Waals surface area contributed by atoms with Crippen molar-refractivity contribution in [2.75, 3.05) is 0 Å². The summed E-state index contributed by atoms with van der Waals surface area (Å²) in [6.45, 7) is 3.69. The van der Waals surface area contributed by atoms with E-state index < -0.39 is 0 Å². The molecule has 0 aromatic heterocycles. The number of hydrogen-bond acceptors (Lipinski definition) is 1. The van der Waals surface area contributed by atoms with E-state index in [2.05, 4.69) is 18.7 Å². The zero-order chi connectivity index (χ0) is 9.26. The van der Waals surface area contributed by atoms with Gasteiger partial charge in [0.2, 0.25) is 0 Å². The molecule has 3 atom stereocenters. The van der Waals surface area contributed by atoms with E-state index in [1.165, 1.54) is 0 Å². The number of rotatable bonds is 4. The Hall–Kier alpha value is -0.850. The summed E-state index contributed by atoms with van der Waals surface area (Å²) in [5, 5.41) is 0. The Labute approximate surface area is 79.5 Å². The van der Waals surface area contributed by atoms with Crippen molar-refractivity contribution in [2.45, 2.75) is 25.7 Å². The van der Waals surface area contributed by atoms with Crippen LogP contribution in [0.1, 0.15) is 25.7 Å². The fourth-order valence-electron chi connectivity index (χ4n) is 2.56. The second-order valence-electron chi connectivity index (χ2n) is 4.12. The molecule has 1 fully saturated rings. The van der Waals surface area contributed by atoms with Crippen molar-refractivity contribution in [3.05, 3.63) is 24.8 Å². The molecule has 1 heteroatoms. The van der Waals surface area contributed by atoms with Crippen LogP contribution < -0.4 is 0 Å².